The highest BCUT2D eigenvalue weighted by atomic mass is 32.1. The molecule has 182 valence electrons. The molecule has 1 fully saturated rings. The van der Waals surface area contributed by atoms with Gasteiger partial charge in [-0.3, -0.25) is 14.5 Å². The first-order valence-electron chi connectivity index (χ1n) is 12.2. The highest BCUT2D eigenvalue weighted by Crippen LogP contribution is 2.38. The Morgan fingerprint density at radius 3 is 2.54 bits per heavy atom. The van der Waals surface area contributed by atoms with Crippen LogP contribution >= 0.6 is 11.3 Å². The fourth-order valence-corrected chi connectivity index (χ4v) is 5.60. The Kier molecular flexibility index (Phi) is 7.04. The molecule has 1 aliphatic carbocycles. The average Bonchev–Trinajstić information content (AvgIpc) is 3.57. The number of nitrogens with zero attached hydrogens (tertiary/aromatic N) is 1. The number of hydrogen-bond donors (Lipinski definition) is 1. The van der Waals surface area contributed by atoms with Crippen LogP contribution in [0.2, 0.25) is 0 Å². The first-order valence-corrected chi connectivity index (χ1v) is 13.1. The highest BCUT2D eigenvalue weighted by molar-refractivity contribution is 7.10. The normalized spacial score (nSPS) is 16.0. The summed E-state index contributed by atoms with van der Waals surface area (Å²) in [6.07, 6.45) is 4.39. The minimum absolute atomic E-state index is 0.140. The number of hydrogen-bond acceptors (Lipinski definition) is 5. The summed E-state index contributed by atoms with van der Waals surface area (Å²) in [6.45, 7) is 2.92. The maximum absolute atomic E-state index is 13.9. The van der Waals surface area contributed by atoms with Crippen LogP contribution in [0.25, 0.3) is 0 Å². The number of carbonyl (C=O) groups is 2. The molecule has 0 radical (unpaired) electrons. The molecule has 0 unspecified atom stereocenters. The Bertz CT molecular complexity index is 1190. The van der Waals surface area contributed by atoms with E-state index < -0.39 is 6.04 Å². The molecule has 3 aromatic rings. The lowest BCUT2D eigenvalue weighted by atomic mass is 9.97. The highest BCUT2D eigenvalue weighted by Gasteiger charge is 2.35. The predicted molar refractivity (Wildman–Crippen MR) is 137 cm³/mol. The zero-order valence-electron chi connectivity index (χ0n) is 19.9. The van der Waals surface area contributed by atoms with Gasteiger partial charge in [0, 0.05) is 22.7 Å². The van der Waals surface area contributed by atoms with E-state index in [2.05, 4.69) is 5.32 Å². The van der Waals surface area contributed by atoms with E-state index in [1.807, 2.05) is 66.9 Å². The van der Waals surface area contributed by atoms with Gasteiger partial charge in [0.25, 0.3) is 0 Å². The summed E-state index contributed by atoms with van der Waals surface area (Å²) in [5.74, 6) is 0.940. The summed E-state index contributed by atoms with van der Waals surface area (Å²) in [7, 11) is 0. The molecule has 0 bridgehead atoms. The van der Waals surface area contributed by atoms with E-state index in [9.17, 15) is 9.59 Å². The van der Waals surface area contributed by atoms with Gasteiger partial charge in [-0.15, -0.1) is 11.3 Å². The number of fused-ring (bicyclic) bond motifs is 1. The third kappa shape index (κ3) is 5.20. The predicted octanol–water partition coefficient (Wildman–Crippen LogP) is 5.20. The number of rotatable bonds is 7. The number of aryl methyl sites for hydroxylation is 1. The quantitative estimate of drug-likeness (QED) is 0.494. The largest absolute Gasteiger partial charge is 0.486 e. The summed E-state index contributed by atoms with van der Waals surface area (Å²) < 4.78 is 11.5. The monoisotopic (exact) mass is 490 g/mol. The van der Waals surface area contributed by atoms with Crippen LogP contribution in [-0.4, -0.2) is 31.1 Å². The molecule has 5 rings (SSSR count). The molecule has 35 heavy (non-hydrogen) atoms. The van der Waals surface area contributed by atoms with Gasteiger partial charge in [-0.2, -0.15) is 0 Å². The van der Waals surface area contributed by atoms with E-state index in [1.54, 1.807) is 4.90 Å². The molecule has 6 nitrogen and oxygen atoms in total. The molecule has 2 aromatic carbocycles. The number of amides is 2. The molecule has 1 saturated carbocycles. The van der Waals surface area contributed by atoms with Gasteiger partial charge in [0.2, 0.25) is 11.8 Å². The van der Waals surface area contributed by atoms with E-state index in [0.29, 0.717) is 30.4 Å². The smallest absolute Gasteiger partial charge is 0.248 e. The van der Waals surface area contributed by atoms with Crippen LogP contribution in [0.3, 0.4) is 0 Å². The van der Waals surface area contributed by atoms with Gasteiger partial charge in [0.1, 0.15) is 19.3 Å². The van der Waals surface area contributed by atoms with Crippen molar-refractivity contribution in [3.63, 3.8) is 0 Å². The van der Waals surface area contributed by atoms with Crippen LogP contribution in [0, 0.1) is 6.92 Å². The molecular weight excluding hydrogens is 460 g/mol. The maximum atomic E-state index is 13.9. The van der Waals surface area contributed by atoms with Crippen molar-refractivity contribution in [1.29, 1.82) is 0 Å². The van der Waals surface area contributed by atoms with Gasteiger partial charge >= 0.3 is 0 Å². The number of ether oxygens (including phenoxy) is 2. The molecule has 2 amide bonds. The molecule has 2 aliphatic rings. The zero-order chi connectivity index (χ0) is 24.2. The van der Waals surface area contributed by atoms with Crippen molar-refractivity contribution >= 4 is 28.8 Å². The SMILES string of the molecule is Cc1ccccc1[C@H](C(=O)NC1CCCC1)N(C(=O)Cc1cccs1)c1ccc2c(c1)OCCO2. The van der Waals surface area contributed by atoms with Gasteiger partial charge in [-0.1, -0.05) is 43.2 Å². The Balaban J connectivity index is 1.59. The van der Waals surface area contributed by atoms with E-state index in [0.717, 1.165) is 41.7 Å². The van der Waals surface area contributed by atoms with Gasteiger partial charge < -0.3 is 14.8 Å². The van der Waals surface area contributed by atoms with Crippen LogP contribution in [0.4, 0.5) is 5.69 Å². The van der Waals surface area contributed by atoms with Crippen molar-refractivity contribution < 1.29 is 19.1 Å². The molecule has 1 N–H and O–H groups in total. The Labute approximate surface area is 209 Å². The summed E-state index contributed by atoms with van der Waals surface area (Å²) in [6, 6.07) is 16.5. The van der Waals surface area contributed by atoms with Gasteiger partial charge in [-0.05, 0) is 54.5 Å². The average molecular weight is 491 g/mol. The van der Waals surface area contributed by atoms with Crippen LogP contribution in [0.1, 0.15) is 47.7 Å². The summed E-state index contributed by atoms with van der Waals surface area (Å²) in [5.41, 5.74) is 2.40. The first-order chi connectivity index (χ1) is 17.1. The van der Waals surface area contributed by atoms with E-state index in [1.165, 1.54) is 11.3 Å². The molecule has 7 heteroatoms. The molecule has 1 aliphatic heterocycles. The molecule has 0 saturated heterocycles. The van der Waals surface area contributed by atoms with Crippen LogP contribution < -0.4 is 19.7 Å². The summed E-state index contributed by atoms with van der Waals surface area (Å²) in [4.78, 5) is 30.4. The van der Waals surface area contributed by atoms with Crippen LogP contribution in [-0.2, 0) is 16.0 Å². The van der Waals surface area contributed by atoms with Crippen molar-refractivity contribution in [3.05, 3.63) is 76.0 Å². The maximum Gasteiger partial charge on any atom is 0.248 e. The first kappa shape index (κ1) is 23.4. The Morgan fingerprint density at radius 2 is 1.80 bits per heavy atom. The van der Waals surface area contributed by atoms with Crippen LogP contribution in [0.5, 0.6) is 11.5 Å². The second-order valence-electron chi connectivity index (χ2n) is 9.10. The summed E-state index contributed by atoms with van der Waals surface area (Å²) >= 11 is 1.54. The van der Waals surface area contributed by atoms with Gasteiger partial charge in [0.15, 0.2) is 11.5 Å². The lowest BCUT2D eigenvalue weighted by molar-refractivity contribution is -0.127. The minimum atomic E-state index is -0.799. The fourth-order valence-electron chi connectivity index (χ4n) is 4.91. The number of thiophene rings is 1. The summed E-state index contributed by atoms with van der Waals surface area (Å²) in [5, 5.41) is 5.21. The Hall–Kier alpha value is -3.32. The number of nitrogens with one attached hydrogen (secondary N) is 1. The topological polar surface area (TPSA) is 67.9 Å². The van der Waals surface area contributed by atoms with Crippen molar-refractivity contribution in [2.75, 3.05) is 18.1 Å². The standard InChI is InChI=1S/C28H30N2O4S/c1-19-7-2-5-11-23(19)27(28(32)29-20-8-3-4-9-20)30(26(31)18-22-10-6-16-35-22)21-12-13-24-25(17-21)34-15-14-33-24/h2,5-7,10-13,16-17,20,27H,3-4,8-9,14-15,18H2,1H3,(H,29,32)/t27-/m1/s1. The van der Waals surface area contributed by atoms with E-state index >= 15 is 0 Å². The lowest BCUT2D eigenvalue weighted by Gasteiger charge is -2.33. The Morgan fingerprint density at radius 1 is 1.03 bits per heavy atom. The zero-order valence-corrected chi connectivity index (χ0v) is 20.7. The minimum Gasteiger partial charge on any atom is -0.486 e. The third-order valence-electron chi connectivity index (χ3n) is 6.67. The second kappa shape index (κ2) is 10.5. The van der Waals surface area contributed by atoms with Crippen molar-refractivity contribution in [3.8, 4) is 11.5 Å². The number of benzene rings is 2. The second-order valence-corrected chi connectivity index (χ2v) is 10.1. The molecule has 1 atom stereocenters. The fraction of sp³-hybridized carbons (Fsp3) is 0.357. The molecule has 2 heterocycles. The molecular formula is C28H30N2O4S. The van der Waals surface area contributed by atoms with Crippen molar-refractivity contribution in [2.45, 2.75) is 51.1 Å². The van der Waals surface area contributed by atoms with Crippen LogP contribution in [0.15, 0.2) is 60.0 Å². The van der Waals surface area contributed by atoms with E-state index in [4.69, 9.17) is 9.47 Å². The molecule has 0 spiro atoms. The van der Waals surface area contributed by atoms with Gasteiger partial charge in [-0.25, -0.2) is 0 Å². The third-order valence-corrected chi connectivity index (χ3v) is 7.55. The van der Waals surface area contributed by atoms with Crippen molar-refractivity contribution in [2.24, 2.45) is 0 Å². The van der Waals surface area contributed by atoms with Gasteiger partial charge in [0.05, 0.1) is 6.42 Å². The van der Waals surface area contributed by atoms with Crippen molar-refractivity contribution in [1.82, 2.24) is 5.32 Å². The lowest BCUT2D eigenvalue weighted by Crippen LogP contribution is -2.47. The number of anilines is 1. The molecule has 1 aromatic heterocycles. The number of carbonyl (C=O) groups excluding carboxylic acids is 2. The van der Waals surface area contributed by atoms with E-state index in [-0.39, 0.29) is 24.3 Å².